The predicted molar refractivity (Wildman–Crippen MR) is 64.8 cm³/mol. The minimum atomic E-state index is -1.04. The predicted octanol–water partition coefficient (Wildman–Crippen LogP) is 2.05. The number of aliphatic hydroxyl groups is 1. The molecule has 0 saturated heterocycles. The molecule has 1 unspecified atom stereocenters. The molecular formula is C13H18O4. The van der Waals surface area contributed by atoms with E-state index in [4.69, 9.17) is 9.47 Å². The summed E-state index contributed by atoms with van der Waals surface area (Å²) in [7, 11) is 0. The number of hydrogen-bond donors (Lipinski definition) is 1. The SMILES string of the molecule is CCOc1ccc(C(=O)C(C)O)c(OCC)c1. The van der Waals surface area contributed by atoms with Gasteiger partial charge in [0.05, 0.1) is 18.8 Å². The number of ketones is 1. The lowest BCUT2D eigenvalue weighted by molar-refractivity contribution is 0.0775. The molecule has 0 bridgehead atoms. The van der Waals surface area contributed by atoms with Gasteiger partial charge in [0.2, 0.25) is 0 Å². The summed E-state index contributed by atoms with van der Waals surface area (Å²) >= 11 is 0. The molecule has 0 aromatic heterocycles. The van der Waals surface area contributed by atoms with Crippen molar-refractivity contribution in [1.82, 2.24) is 0 Å². The van der Waals surface area contributed by atoms with Gasteiger partial charge >= 0.3 is 0 Å². The van der Waals surface area contributed by atoms with Crippen LogP contribution in [0.3, 0.4) is 0 Å². The smallest absolute Gasteiger partial charge is 0.194 e. The third-order valence-corrected chi connectivity index (χ3v) is 2.21. The summed E-state index contributed by atoms with van der Waals surface area (Å²) < 4.78 is 10.7. The molecule has 1 aromatic rings. The van der Waals surface area contributed by atoms with Crippen molar-refractivity contribution in [2.75, 3.05) is 13.2 Å². The molecule has 0 aliphatic carbocycles. The lowest BCUT2D eigenvalue weighted by Gasteiger charge is -2.12. The summed E-state index contributed by atoms with van der Waals surface area (Å²) in [5, 5.41) is 9.30. The Bertz CT molecular complexity index is 385. The third-order valence-electron chi connectivity index (χ3n) is 2.21. The first-order valence-electron chi connectivity index (χ1n) is 5.72. The van der Waals surface area contributed by atoms with Crippen molar-refractivity contribution >= 4 is 5.78 Å². The van der Waals surface area contributed by atoms with Crippen LogP contribution in [0.25, 0.3) is 0 Å². The van der Waals surface area contributed by atoms with Crippen LogP contribution in [0.4, 0.5) is 0 Å². The Labute approximate surface area is 101 Å². The summed E-state index contributed by atoms with van der Waals surface area (Å²) in [6, 6.07) is 4.98. The molecule has 1 aromatic carbocycles. The van der Waals surface area contributed by atoms with E-state index in [-0.39, 0.29) is 5.78 Å². The van der Waals surface area contributed by atoms with Gasteiger partial charge in [0, 0.05) is 6.07 Å². The average molecular weight is 238 g/mol. The summed E-state index contributed by atoms with van der Waals surface area (Å²) in [6.07, 6.45) is -1.04. The molecule has 1 atom stereocenters. The van der Waals surface area contributed by atoms with Gasteiger partial charge in [0.25, 0.3) is 0 Å². The topological polar surface area (TPSA) is 55.8 Å². The minimum absolute atomic E-state index is 0.350. The molecule has 0 spiro atoms. The fraction of sp³-hybridized carbons (Fsp3) is 0.462. The van der Waals surface area contributed by atoms with Gasteiger partial charge in [-0.25, -0.2) is 0 Å². The Kier molecular flexibility index (Phi) is 4.97. The number of benzene rings is 1. The van der Waals surface area contributed by atoms with E-state index in [2.05, 4.69) is 0 Å². The zero-order chi connectivity index (χ0) is 12.8. The zero-order valence-corrected chi connectivity index (χ0v) is 10.4. The van der Waals surface area contributed by atoms with E-state index in [1.807, 2.05) is 13.8 Å². The maximum absolute atomic E-state index is 11.7. The van der Waals surface area contributed by atoms with Crippen LogP contribution >= 0.6 is 0 Å². The molecule has 0 radical (unpaired) electrons. The largest absolute Gasteiger partial charge is 0.494 e. The van der Waals surface area contributed by atoms with E-state index in [0.717, 1.165) is 0 Å². The number of aliphatic hydroxyl groups excluding tert-OH is 1. The van der Waals surface area contributed by atoms with Gasteiger partial charge in [0.1, 0.15) is 17.6 Å². The molecule has 0 amide bonds. The summed E-state index contributed by atoms with van der Waals surface area (Å²) in [6.45, 7) is 6.17. The average Bonchev–Trinajstić information content (AvgIpc) is 2.29. The second-order valence-corrected chi connectivity index (χ2v) is 3.56. The Morgan fingerprint density at radius 2 is 1.94 bits per heavy atom. The molecule has 1 N–H and O–H groups in total. The first-order chi connectivity index (χ1) is 8.10. The lowest BCUT2D eigenvalue weighted by atomic mass is 10.1. The van der Waals surface area contributed by atoms with Crippen molar-refractivity contribution in [3.63, 3.8) is 0 Å². The zero-order valence-electron chi connectivity index (χ0n) is 10.4. The Morgan fingerprint density at radius 3 is 2.47 bits per heavy atom. The highest BCUT2D eigenvalue weighted by Gasteiger charge is 2.17. The highest BCUT2D eigenvalue weighted by Crippen LogP contribution is 2.26. The Morgan fingerprint density at radius 1 is 1.29 bits per heavy atom. The quantitative estimate of drug-likeness (QED) is 0.771. The highest BCUT2D eigenvalue weighted by molar-refractivity contribution is 6.01. The number of rotatable bonds is 6. The van der Waals surface area contributed by atoms with Gasteiger partial charge < -0.3 is 14.6 Å². The van der Waals surface area contributed by atoms with Gasteiger partial charge in [0.15, 0.2) is 5.78 Å². The van der Waals surface area contributed by atoms with Crippen molar-refractivity contribution < 1.29 is 19.4 Å². The molecule has 0 saturated carbocycles. The Balaban J connectivity index is 3.07. The molecule has 1 rings (SSSR count). The number of ether oxygens (including phenoxy) is 2. The Hall–Kier alpha value is -1.55. The second-order valence-electron chi connectivity index (χ2n) is 3.56. The lowest BCUT2D eigenvalue weighted by Crippen LogP contribution is -2.17. The number of Topliss-reactive ketones (excluding diaryl/α,β-unsaturated/α-hetero) is 1. The second kappa shape index (κ2) is 6.25. The van der Waals surface area contributed by atoms with Gasteiger partial charge in [-0.15, -0.1) is 0 Å². The normalized spacial score (nSPS) is 12.0. The van der Waals surface area contributed by atoms with E-state index < -0.39 is 6.10 Å². The fourth-order valence-electron chi connectivity index (χ4n) is 1.46. The molecule has 4 nitrogen and oxygen atoms in total. The van der Waals surface area contributed by atoms with E-state index in [0.29, 0.717) is 30.3 Å². The van der Waals surface area contributed by atoms with Gasteiger partial charge in [-0.2, -0.15) is 0 Å². The fourth-order valence-corrected chi connectivity index (χ4v) is 1.46. The van der Waals surface area contributed by atoms with Crippen LogP contribution < -0.4 is 9.47 Å². The van der Waals surface area contributed by atoms with Crippen LogP contribution in [-0.2, 0) is 0 Å². The van der Waals surface area contributed by atoms with Crippen LogP contribution in [0.1, 0.15) is 31.1 Å². The van der Waals surface area contributed by atoms with Crippen LogP contribution in [0.2, 0.25) is 0 Å². The van der Waals surface area contributed by atoms with Crippen molar-refractivity contribution in [2.45, 2.75) is 26.9 Å². The van der Waals surface area contributed by atoms with Gasteiger partial charge in [-0.1, -0.05) is 0 Å². The van der Waals surface area contributed by atoms with Crippen molar-refractivity contribution in [3.8, 4) is 11.5 Å². The third kappa shape index (κ3) is 3.46. The van der Waals surface area contributed by atoms with Crippen molar-refractivity contribution in [1.29, 1.82) is 0 Å². The first-order valence-corrected chi connectivity index (χ1v) is 5.72. The minimum Gasteiger partial charge on any atom is -0.494 e. The van der Waals surface area contributed by atoms with Gasteiger partial charge in [-0.3, -0.25) is 4.79 Å². The van der Waals surface area contributed by atoms with Crippen molar-refractivity contribution in [2.24, 2.45) is 0 Å². The van der Waals surface area contributed by atoms with E-state index in [9.17, 15) is 9.90 Å². The van der Waals surface area contributed by atoms with Crippen LogP contribution in [0.15, 0.2) is 18.2 Å². The standard InChI is InChI=1S/C13H18O4/c1-4-16-10-6-7-11(13(15)9(3)14)12(8-10)17-5-2/h6-9,14H,4-5H2,1-3H3. The van der Waals surface area contributed by atoms with Crippen LogP contribution in [0, 0.1) is 0 Å². The van der Waals surface area contributed by atoms with Crippen molar-refractivity contribution in [3.05, 3.63) is 23.8 Å². The monoisotopic (exact) mass is 238 g/mol. The molecule has 17 heavy (non-hydrogen) atoms. The summed E-state index contributed by atoms with van der Waals surface area (Å²) in [5.41, 5.74) is 0.380. The van der Waals surface area contributed by atoms with E-state index >= 15 is 0 Å². The van der Waals surface area contributed by atoms with E-state index in [1.165, 1.54) is 6.92 Å². The molecule has 0 aliphatic heterocycles. The molecule has 4 heteroatoms. The molecule has 0 fully saturated rings. The molecule has 0 aliphatic rings. The maximum Gasteiger partial charge on any atom is 0.194 e. The molecule has 0 heterocycles. The van der Waals surface area contributed by atoms with E-state index in [1.54, 1.807) is 18.2 Å². The number of hydrogen-bond acceptors (Lipinski definition) is 4. The number of carbonyl (C=O) groups excluding carboxylic acids is 1. The van der Waals surface area contributed by atoms with Crippen LogP contribution in [0.5, 0.6) is 11.5 Å². The maximum atomic E-state index is 11.7. The number of carbonyl (C=O) groups is 1. The highest BCUT2D eigenvalue weighted by atomic mass is 16.5. The summed E-state index contributed by atoms with van der Waals surface area (Å²) in [4.78, 5) is 11.7. The first kappa shape index (κ1) is 13.5. The molecular weight excluding hydrogens is 220 g/mol. The summed E-state index contributed by atoms with van der Waals surface area (Å²) in [5.74, 6) is 0.749. The van der Waals surface area contributed by atoms with Crippen LogP contribution in [-0.4, -0.2) is 30.2 Å². The van der Waals surface area contributed by atoms with Gasteiger partial charge in [-0.05, 0) is 32.9 Å². The molecule has 94 valence electrons.